The van der Waals surface area contributed by atoms with Gasteiger partial charge in [-0.05, 0) is 75.3 Å². The molecule has 11 aromatic rings. The van der Waals surface area contributed by atoms with E-state index in [1.807, 2.05) is 24.3 Å². The van der Waals surface area contributed by atoms with E-state index in [1.165, 1.54) is 33.4 Å². The minimum Gasteiger partial charge on any atom is -0.455 e. The van der Waals surface area contributed by atoms with Gasteiger partial charge < -0.3 is 4.42 Å². The molecule has 1 aliphatic carbocycles. The zero-order valence-electron chi connectivity index (χ0n) is 34.3. The Bertz CT molecular complexity index is 3330. The lowest BCUT2D eigenvalue weighted by molar-refractivity contribution is 0.670. The number of nitrogens with zero attached hydrogens (tertiary/aromatic N) is 3. The molecule has 2 aromatic heterocycles. The maximum Gasteiger partial charge on any atom is 0.235 e. The zero-order valence-corrected chi connectivity index (χ0v) is 34.3. The van der Waals surface area contributed by atoms with Crippen molar-refractivity contribution in [1.29, 1.82) is 0 Å². The molecule has 0 aliphatic heterocycles. The molecule has 0 radical (unpaired) electrons. The molecule has 63 heavy (non-hydrogen) atoms. The van der Waals surface area contributed by atoms with Crippen LogP contribution >= 0.6 is 0 Å². The van der Waals surface area contributed by atoms with Gasteiger partial charge in [-0.1, -0.05) is 200 Å². The number of furan rings is 1. The summed E-state index contributed by atoms with van der Waals surface area (Å²) in [6.45, 7) is 0. The number of rotatable bonds is 8. The van der Waals surface area contributed by atoms with Gasteiger partial charge in [0.1, 0.15) is 11.2 Å². The van der Waals surface area contributed by atoms with Gasteiger partial charge >= 0.3 is 0 Å². The lowest BCUT2D eigenvalue weighted by Gasteiger charge is -2.34. The van der Waals surface area contributed by atoms with Gasteiger partial charge in [-0.25, -0.2) is 9.97 Å². The molecule has 0 atom stereocenters. The van der Waals surface area contributed by atoms with E-state index in [0.29, 0.717) is 5.95 Å². The van der Waals surface area contributed by atoms with Crippen LogP contribution in [0.5, 0.6) is 0 Å². The Hall–Kier alpha value is -8.34. The van der Waals surface area contributed by atoms with Crippen LogP contribution in [0.3, 0.4) is 0 Å². The quantitative estimate of drug-likeness (QED) is 0.153. The van der Waals surface area contributed by atoms with Crippen LogP contribution in [0.2, 0.25) is 0 Å². The molecule has 2 heterocycles. The average molecular weight is 806 g/mol. The fourth-order valence-corrected chi connectivity index (χ4v) is 9.77. The van der Waals surface area contributed by atoms with E-state index in [1.54, 1.807) is 0 Å². The third-order valence-electron chi connectivity index (χ3n) is 12.6. The maximum atomic E-state index is 6.47. The average Bonchev–Trinajstić information content (AvgIpc) is 3.90. The van der Waals surface area contributed by atoms with Crippen molar-refractivity contribution in [1.82, 2.24) is 9.97 Å². The van der Waals surface area contributed by atoms with Gasteiger partial charge in [-0.15, -0.1) is 0 Å². The predicted octanol–water partition coefficient (Wildman–Crippen LogP) is 15.2. The predicted molar refractivity (Wildman–Crippen MR) is 258 cm³/mol. The monoisotopic (exact) mass is 805 g/mol. The van der Waals surface area contributed by atoms with Crippen molar-refractivity contribution in [3.05, 3.63) is 259 Å². The second-order valence-electron chi connectivity index (χ2n) is 16.1. The van der Waals surface area contributed by atoms with Crippen molar-refractivity contribution in [2.75, 3.05) is 4.90 Å². The van der Waals surface area contributed by atoms with Gasteiger partial charge in [-0.3, -0.25) is 4.90 Å². The Kier molecular flexibility index (Phi) is 8.68. The molecule has 9 aromatic carbocycles. The van der Waals surface area contributed by atoms with Gasteiger partial charge in [-0.2, -0.15) is 0 Å². The molecule has 0 unspecified atom stereocenters. The molecule has 0 bridgehead atoms. The first kappa shape index (κ1) is 36.5. The summed E-state index contributed by atoms with van der Waals surface area (Å²) in [4.78, 5) is 12.9. The van der Waals surface area contributed by atoms with Crippen LogP contribution in [0.1, 0.15) is 22.3 Å². The smallest absolute Gasteiger partial charge is 0.235 e. The maximum absolute atomic E-state index is 6.47. The zero-order chi connectivity index (χ0) is 41.7. The third kappa shape index (κ3) is 5.99. The van der Waals surface area contributed by atoms with Crippen LogP contribution in [0, 0.1) is 0 Å². The highest BCUT2D eigenvalue weighted by Crippen LogP contribution is 2.56. The number of hydrogen-bond acceptors (Lipinski definition) is 4. The standard InChI is InChI=1S/C59H39N3O/c1-4-17-41(18-5-1)54-39-55(42-19-6-2-7-20-42)61-58(60-54)62(45-35-31-40(32-36-45)47-26-16-27-51-50-25-12-15-30-56(50)63-57(47)51)46-37-33-44(34-38-46)59(43-21-8-3-9-22-43)52-28-13-10-23-48(52)49-24-11-14-29-53(49)59/h1-39H. The fourth-order valence-electron chi connectivity index (χ4n) is 9.77. The minimum absolute atomic E-state index is 0.513. The molecule has 4 nitrogen and oxygen atoms in total. The van der Waals surface area contributed by atoms with Gasteiger partial charge in [0.15, 0.2) is 0 Å². The lowest BCUT2D eigenvalue weighted by atomic mass is 9.68. The van der Waals surface area contributed by atoms with Crippen molar-refractivity contribution in [2.24, 2.45) is 0 Å². The Morgan fingerprint density at radius 1 is 0.365 bits per heavy atom. The molecule has 1 aliphatic rings. The summed E-state index contributed by atoms with van der Waals surface area (Å²) in [7, 11) is 0. The highest BCUT2D eigenvalue weighted by molar-refractivity contribution is 6.09. The summed E-state index contributed by atoms with van der Waals surface area (Å²) >= 11 is 0. The number of benzene rings is 9. The van der Waals surface area contributed by atoms with Crippen molar-refractivity contribution < 1.29 is 4.42 Å². The van der Waals surface area contributed by atoms with Crippen molar-refractivity contribution in [3.8, 4) is 44.8 Å². The van der Waals surface area contributed by atoms with Crippen LogP contribution in [-0.2, 0) is 5.41 Å². The van der Waals surface area contributed by atoms with E-state index in [2.05, 4.69) is 217 Å². The van der Waals surface area contributed by atoms with Gasteiger partial charge in [0, 0.05) is 38.8 Å². The molecule has 4 heteroatoms. The minimum atomic E-state index is -0.513. The SMILES string of the molecule is c1ccc(-c2cc(-c3ccccc3)nc(N(c3ccc(-c4cccc5c4oc4ccccc45)cc3)c3ccc(C4(c5ccccc5)c5ccccc5-c5ccccc54)cc3)n2)cc1. The van der Waals surface area contributed by atoms with E-state index in [-0.39, 0.29) is 0 Å². The van der Waals surface area contributed by atoms with Gasteiger partial charge in [0.25, 0.3) is 0 Å². The summed E-state index contributed by atoms with van der Waals surface area (Å²) in [5.74, 6) is 0.574. The van der Waals surface area contributed by atoms with Crippen molar-refractivity contribution in [2.45, 2.75) is 5.41 Å². The van der Waals surface area contributed by atoms with Crippen LogP contribution in [-0.4, -0.2) is 9.97 Å². The first-order chi connectivity index (χ1) is 31.2. The summed E-state index contributed by atoms with van der Waals surface area (Å²) in [5.41, 5.74) is 16.5. The van der Waals surface area contributed by atoms with Gasteiger partial charge in [0.2, 0.25) is 5.95 Å². The lowest BCUT2D eigenvalue weighted by Crippen LogP contribution is -2.28. The summed E-state index contributed by atoms with van der Waals surface area (Å²) < 4.78 is 6.47. The topological polar surface area (TPSA) is 42.2 Å². The number of hydrogen-bond donors (Lipinski definition) is 0. The summed E-state index contributed by atoms with van der Waals surface area (Å²) in [5, 5.41) is 2.22. The molecule has 0 saturated heterocycles. The van der Waals surface area contributed by atoms with Crippen molar-refractivity contribution >= 4 is 39.3 Å². The van der Waals surface area contributed by atoms with Crippen molar-refractivity contribution in [3.63, 3.8) is 0 Å². The Balaban J connectivity index is 1.05. The van der Waals surface area contributed by atoms with E-state index < -0.39 is 5.41 Å². The fraction of sp³-hybridized carbons (Fsp3) is 0.0169. The van der Waals surface area contributed by atoms with E-state index in [0.717, 1.165) is 67.0 Å². The first-order valence-corrected chi connectivity index (χ1v) is 21.4. The molecular formula is C59H39N3O. The van der Waals surface area contributed by atoms with E-state index in [9.17, 15) is 0 Å². The van der Waals surface area contributed by atoms with Crippen LogP contribution in [0.4, 0.5) is 17.3 Å². The Morgan fingerprint density at radius 3 is 1.46 bits per heavy atom. The third-order valence-corrected chi connectivity index (χ3v) is 12.6. The Morgan fingerprint density at radius 2 is 0.841 bits per heavy atom. The number of anilines is 3. The summed E-state index contributed by atoms with van der Waals surface area (Å²) in [6.07, 6.45) is 0. The number of aromatic nitrogens is 2. The Labute approximate surface area is 366 Å². The molecule has 12 rings (SSSR count). The largest absolute Gasteiger partial charge is 0.455 e. The molecule has 0 fully saturated rings. The summed E-state index contributed by atoms with van der Waals surface area (Å²) in [6, 6.07) is 83.8. The first-order valence-electron chi connectivity index (χ1n) is 21.4. The number of fused-ring (bicyclic) bond motifs is 6. The normalized spacial score (nSPS) is 12.6. The molecular weight excluding hydrogens is 767 g/mol. The second-order valence-corrected chi connectivity index (χ2v) is 16.1. The van der Waals surface area contributed by atoms with Crippen LogP contribution < -0.4 is 4.90 Å². The highest BCUT2D eigenvalue weighted by Gasteiger charge is 2.45. The molecule has 0 amide bonds. The molecule has 0 saturated carbocycles. The molecule has 0 N–H and O–H groups in total. The van der Waals surface area contributed by atoms with Gasteiger partial charge in [0.05, 0.1) is 16.8 Å². The van der Waals surface area contributed by atoms with E-state index >= 15 is 0 Å². The van der Waals surface area contributed by atoms with E-state index in [4.69, 9.17) is 14.4 Å². The molecule has 0 spiro atoms. The van der Waals surface area contributed by atoms with Crippen LogP contribution in [0.25, 0.3) is 66.7 Å². The number of para-hydroxylation sites is 2. The second kappa shape index (κ2) is 15.0. The highest BCUT2D eigenvalue weighted by atomic mass is 16.3. The van der Waals surface area contributed by atoms with Crippen LogP contribution in [0.15, 0.2) is 241 Å². The molecule has 296 valence electrons.